The Kier molecular flexibility index (Phi) is 6.58. The van der Waals surface area contributed by atoms with Gasteiger partial charge in [0.15, 0.2) is 10.9 Å². The van der Waals surface area contributed by atoms with Crippen molar-refractivity contribution in [3.63, 3.8) is 0 Å². The number of anilines is 1. The van der Waals surface area contributed by atoms with Crippen molar-refractivity contribution in [3.05, 3.63) is 65.2 Å². The van der Waals surface area contributed by atoms with Crippen LogP contribution in [0.3, 0.4) is 0 Å². The molecule has 2 aromatic carbocycles. The van der Waals surface area contributed by atoms with Gasteiger partial charge in [0.25, 0.3) is 5.91 Å². The lowest BCUT2D eigenvalue weighted by Crippen LogP contribution is -2.20. The van der Waals surface area contributed by atoms with Gasteiger partial charge in [-0.1, -0.05) is 35.2 Å². The normalized spacial score (nSPS) is 9.93. The molecule has 0 saturated carbocycles. The molecule has 1 heterocycles. The van der Waals surface area contributed by atoms with Crippen LogP contribution in [0.15, 0.2) is 52.9 Å². The predicted molar refractivity (Wildman–Crippen MR) is 106 cm³/mol. The molecule has 0 atom stereocenters. The van der Waals surface area contributed by atoms with Crippen LogP contribution in [0.1, 0.15) is 16.7 Å². The first-order valence-electron chi connectivity index (χ1n) is 8.04. The summed E-state index contributed by atoms with van der Waals surface area (Å²) in [6, 6.07) is 18.0. The number of carbonyl (C=O) groups is 1. The zero-order valence-electron chi connectivity index (χ0n) is 14.5. The number of benzene rings is 2. The summed E-state index contributed by atoms with van der Waals surface area (Å²) in [6.45, 7) is -0.167. The van der Waals surface area contributed by atoms with Crippen LogP contribution < -0.4 is 10.1 Å². The van der Waals surface area contributed by atoms with E-state index in [2.05, 4.69) is 21.6 Å². The second-order valence-electron chi connectivity index (χ2n) is 5.44. The molecule has 1 N–H and O–H groups in total. The molecule has 9 heteroatoms. The largest absolute Gasteiger partial charge is 0.484 e. The Hall–Kier alpha value is -3.40. The first-order chi connectivity index (χ1) is 13.7. The molecule has 0 aliphatic rings. The number of hydrogen-bond donors (Lipinski definition) is 1. The quantitative estimate of drug-likeness (QED) is 0.470. The number of aromatic nitrogens is 2. The maximum atomic E-state index is 12.0. The van der Waals surface area contributed by atoms with Crippen molar-refractivity contribution < 1.29 is 9.53 Å². The number of carbonyl (C=O) groups excluding carboxylic acids is 1. The highest BCUT2D eigenvalue weighted by molar-refractivity contribution is 8.00. The van der Waals surface area contributed by atoms with Crippen LogP contribution in [-0.4, -0.2) is 22.7 Å². The second-order valence-corrected chi connectivity index (χ2v) is 7.64. The van der Waals surface area contributed by atoms with Crippen molar-refractivity contribution in [2.75, 3.05) is 11.9 Å². The van der Waals surface area contributed by atoms with E-state index in [1.807, 2.05) is 18.2 Å². The monoisotopic (exact) mass is 407 g/mol. The SMILES string of the molecule is N#Cc1ccc(CSc2nnc(NC(=O)COc3ccc(C#N)cc3)s2)cc1. The molecule has 0 unspecified atom stereocenters. The lowest BCUT2D eigenvalue weighted by Gasteiger charge is -2.05. The fourth-order valence-electron chi connectivity index (χ4n) is 2.07. The first kappa shape index (κ1) is 19.4. The van der Waals surface area contributed by atoms with E-state index in [4.69, 9.17) is 15.3 Å². The van der Waals surface area contributed by atoms with Crippen LogP contribution in [0.2, 0.25) is 0 Å². The van der Waals surface area contributed by atoms with Crippen molar-refractivity contribution >= 4 is 34.1 Å². The molecule has 28 heavy (non-hydrogen) atoms. The summed E-state index contributed by atoms with van der Waals surface area (Å²) in [4.78, 5) is 12.0. The van der Waals surface area contributed by atoms with E-state index >= 15 is 0 Å². The van der Waals surface area contributed by atoms with Crippen LogP contribution in [0, 0.1) is 22.7 Å². The Labute approximate surface area is 169 Å². The van der Waals surface area contributed by atoms with E-state index in [0.717, 1.165) is 9.90 Å². The number of ether oxygens (including phenoxy) is 1. The van der Waals surface area contributed by atoms with Gasteiger partial charge in [-0.15, -0.1) is 10.2 Å². The molecular weight excluding hydrogens is 394 g/mol. The van der Waals surface area contributed by atoms with Gasteiger partial charge in [-0.25, -0.2) is 0 Å². The van der Waals surface area contributed by atoms with Gasteiger partial charge in [0.2, 0.25) is 5.13 Å². The van der Waals surface area contributed by atoms with Gasteiger partial charge in [-0.05, 0) is 42.0 Å². The van der Waals surface area contributed by atoms with Gasteiger partial charge in [-0.3, -0.25) is 10.1 Å². The lowest BCUT2D eigenvalue weighted by atomic mass is 10.2. The minimum atomic E-state index is -0.343. The summed E-state index contributed by atoms with van der Waals surface area (Å²) in [7, 11) is 0. The molecule has 1 aromatic heterocycles. The molecule has 0 bridgehead atoms. The molecule has 0 radical (unpaired) electrons. The molecule has 1 amide bonds. The Balaban J connectivity index is 1.46. The van der Waals surface area contributed by atoms with E-state index in [0.29, 0.717) is 27.8 Å². The molecular formula is C19H13N5O2S2. The average molecular weight is 407 g/mol. The van der Waals surface area contributed by atoms with Gasteiger partial charge >= 0.3 is 0 Å². The average Bonchev–Trinajstić information content (AvgIpc) is 3.18. The van der Waals surface area contributed by atoms with Gasteiger partial charge in [0.1, 0.15) is 5.75 Å². The maximum Gasteiger partial charge on any atom is 0.264 e. The predicted octanol–water partition coefficient (Wildman–Crippen LogP) is 3.59. The zero-order chi connectivity index (χ0) is 19.8. The number of nitrogens with zero attached hydrogens (tertiary/aromatic N) is 4. The highest BCUT2D eigenvalue weighted by atomic mass is 32.2. The van der Waals surface area contributed by atoms with E-state index in [-0.39, 0.29) is 12.5 Å². The fraction of sp³-hybridized carbons (Fsp3) is 0.105. The van der Waals surface area contributed by atoms with E-state index in [9.17, 15) is 4.79 Å². The maximum absolute atomic E-state index is 12.0. The van der Waals surface area contributed by atoms with Gasteiger partial charge in [0.05, 0.1) is 23.3 Å². The van der Waals surface area contributed by atoms with Crippen molar-refractivity contribution in [2.24, 2.45) is 0 Å². The minimum absolute atomic E-state index is 0.167. The van der Waals surface area contributed by atoms with Crippen molar-refractivity contribution in [1.82, 2.24) is 10.2 Å². The smallest absolute Gasteiger partial charge is 0.264 e. The number of rotatable bonds is 7. The summed E-state index contributed by atoms with van der Waals surface area (Å²) in [5.74, 6) is 0.852. The zero-order valence-corrected chi connectivity index (χ0v) is 16.1. The molecule has 138 valence electrons. The van der Waals surface area contributed by atoms with E-state index < -0.39 is 0 Å². The Bertz CT molecular complexity index is 1030. The van der Waals surface area contributed by atoms with E-state index in [1.165, 1.54) is 23.1 Å². The first-order valence-corrected chi connectivity index (χ1v) is 9.84. The van der Waals surface area contributed by atoms with Crippen molar-refractivity contribution in [1.29, 1.82) is 10.5 Å². The molecule has 3 aromatic rings. The summed E-state index contributed by atoms with van der Waals surface area (Å²) >= 11 is 2.78. The summed E-state index contributed by atoms with van der Waals surface area (Å²) in [6.07, 6.45) is 0. The van der Waals surface area contributed by atoms with Crippen LogP contribution >= 0.6 is 23.1 Å². The Morgan fingerprint density at radius 2 is 1.68 bits per heavy atom. The van der Waals surface area contributed by atoms with E-state index in [1.54, 1.807) is 36.4 Å². The highest BCUT2D eigenvalue weighted by Crippen LogP contribution is 2.28. The molecule has 0 fully saturated rings. The van der Waals surface area contributed by atoms with Gasteiger partial charge < -0.3 is 4.74 Å². The molecule has 3 rings (SSSR count). The lowest BCUT2D eigenvalue weighted by molar-refractivity contribution is -0.118. The van der Waals surface area contributed by atoms with Crippen LogP contribution in [-0.2, 0) is 10.5 Å². The number of amides is 1. The van der Waals surface area contributed by atoms with Gasteiger partial charge in [-0.2, -0.15) is 10.5 Å². The summed E-state index contributed by atoms with van der Waals surface area (Å²) < 4.78 is 6.11. The molecule has 0 aliphatic heterocycles. The van der Waals surface area contributed by atoms with Crippen molar-refractivity contribution in [3.8, 4) is 17.9 Å². The van der Waals surface area contributed by atoms with Crippen LogP contribution in [0.25, 0.3) is 0 Å². The Morgan fingerprint density at radius 1 is 1.04 bits per heavy atom. The van der Waals surface area contributed by atoms with Crippen molar-refractivity contribution in [2.45, 2.75) is 10.1 Å². The Morgan fingerprint density at radius 3 is 2.32 bits per heavy atom. The summed E-state index contributed by atoms with van der Waals surface area (Å²) in [5.41, 5.74) is 2.22. The minimum Gasteiger partial charge on any atom is -0.484 e. The third-order valence-electron chi connectivity index (χ3n) is 3.45. The third kappa shape index (κ3) is 5.55. The third-order valence-corrected chi connectivity index (χ3v) is 5.49. The fourth-order valence-corrected chi connectivity index (χ4v) is 3.79. The number of hydrogen-bond acceptors (Lipinski definition) is 8. The molecule has 7 nitrogen and oxygen atoms in total. The molecule has 0 spiro atoms. The topological polar surface area (TPSA) is 112 Å². The standard InChI is InChI=1S/C19H13N5O2S2/c20-9-13-1-3-15(4-2-13)12-27-19-24-23-18(28-19)22-17(25)11-26-16-7-5-14(10-21)6-8-16/h1-8H,11-12H2,(H,22,23,25). The number of thioether (sulfide) groups is 1. The van der Waals surface area contributed by atoms with Crippen LogP contribution in [0.4, 0.5) is 5.13 Å². The highest BCUT2D eigenvalue weighted by Gasteiger charge is 2.10. The molecule has 0 aliphatic carbocycles. The molecule has 0 saturated heterocycles. The number of nitrogens with one attached hydrogen (secondary N) is 1. The second kappa shape index (κ2) is 9.51. The van der Waals surface area contributed by atoms with Gasteiger partial charge in [0, 0.05) is 5.75 Å². The number of nitriles is 2. The summed E-state index contributed by atoms with van der Waals surface area (Å²) in [5, 5.41) is 28.6. The van der Waals surface area contributed by atoms with Crippen LogP contribution in [0.5, 0.6) is 5.75 Å².